The minimum absolute atomic E-state index is 0.0655. The zero-order valence-electron chi connectivity index (χ0n) is 20.2. The number of amides is 2. The van der Waals surface area contributed by atoms with E-state index < -0.39 is 16.9 Å². The summed E-state index contributed by atoms with van der Waals surface area (Å²) in [7, 11) is 0. The van der Waals surface area contributed by atoms with Crippen LogP contribution >= 0.6 is 11.8 Å². The minimum Gasteiger partial charge on any atom is -0.465 e. The van der Waals surface area contributed by atoms with Crippen molar-refractivity contribution in [1.82, 2.24) is 15.6 Å². The first-order valence-electron chi connectivity index (χ1n) is 12.0. The lowest BCUT2D eigenvalue weighted by Gasteiger charge is -2.26. The fourth-order valence-electron chi connectivity index (χ4n) is 3.86. The predicted octanol–water partition coefficient (Wildman–Crippen LogP) is 4.33. The van der Waals surface area contributed by atoms with Crippen molar-refractivity contribution in [3.05, 3.63) is 102 Å². The second kappa shape index (κ2) is 12.4. The van der Waals surface area contributed by atoms with Crippen LogP contribution in [0, 0.1) is 0 Å². The number of para-hydroxylation sites is 2. The molecule has 2 amide bonds. The monoisotopic (exact) mass is 519 g/mol. The summed E-state index contributed by atoms with van der Waals surface area (Å²) in [5.41, 5.74) is 1.64. The lowest BCUT2D eigenvalue weighted by atomic mass is 9.94. The number of carbonyl (C=O) groups is 2. The number of aryl methyl sites for hydroxylation is 1. The van der Waals surface area contributed by atoms with Gasteiger partial charge in [0.1, 0.15) is 10.8 Å². The van der Waals surface area contributed by atoms with Crippen molar-refractivity contribution >= 4 is 34.9 Å². The van der Waals surface area contributed by atoms with Gasteiger partial charge in [-0.15, -0.1) is 11.8 Å². The summed E-state index contributed by atoms with van der Waals surface area (Å²) >= 11 is 1.33. The highest BCUT2D eigenvalue weighted by Crippen LogP contribution is 2.29. The third kappa shape index (κ3) is 7.34. The van der Waals surface area contributed by atoms with Crippen molar-refractivity contribution in [2.24, 2.45) is 0 Å². The first kappa shape index (κ1) is 26.2. The molecule has 0 fully saturated rings. The molecule has 37 heavy (non-hydrogen) atoms. The van der Waals surface area contributed by atoms with Gasteiger partial charge in [0.15, 0.2) is 11.2 Å². The molecule has 8 nitrogen and oxygen atoms in total. The van der Waals surface area contributed by atoms with Crippen LogP contribution in [0.3, 0.4) is 0 Å². The van der Waals surface area contributed by atoms with Crippen LogP contribution in [0.25, 0.3) is 11.1 Å². The molecular weight excluding hydrogens is 490 g/mol. The van der Waals surface area contributed by atoms with Crippen molar-refractivity contribution in [2.75, 3.05) is 13.1 Å². The van der Waals surface area contributed by atoms with Gasteiger partial charge in [-0.05, 0) is 36.1 Å². The van der Waals surface area contributed by atoms with E-state index in [4.69, 9.17) is 9.52 Å². The summed E-state index contributed by atoms with van der Waals surface area (Å²) in [6.07, 6.45) is -0.401. The summed E-state index contributed by atoms with van der Waals surface area (Å²) in [6.45, 7) is -0.203. The van der Waals surface area contributed by atoms with Crippen molar-refractivity contribution in [3.63, 3.8) is 0 Å². The highest BCUT2D eigenvalue weighted by Gasteiger charge is 2.36. The maximum Gasteiger partial charge on any atom is 0.404 e. The Labute approximate surface area is 219 Å². The Bertz CT molecular complexity index is 1280. The summed E-state index contributed by atoms with van der Waals surface area (Å²) in [5.74, 6) is 0.273. The molecule has 4 N–H and O–H groups in total. The normalized spacial score (nSPS) is 13.5. The van der Waals surface area contributed by atoms with E-state index in [1.807, 2.05) is 72.8 Å². The van der Waals surface area contributed by atoms with Crippen molar-refractivity contribution in [3.8, 4) is 0 Å². The second-order valence-corrected chi connectivity index (χ2v) is 9.88. The van der Waals surface area contributed by atoms with Gasteiger partial charge < -0.3 is 25.3 Å². The van der Waals surface area contributed by atoms with Crippen LogP contribution < -0.4 is 10.6 Å². The van der Waals surface area contributed by atoms with Gasteiger partial charge in [-0.1, -0.05) is 72.8 Å². The third-order valence-corrected chi connectivity index (χ3v) is 7.23. The fourth-order valence-corrected chi connectivity index (χ4v) is 4.89. The molecule has 0 spiro atoms. The maximum absolute atomic E-state index is 13.2. The molecule has 0 bridgehead atoms. The molecule has 1 heterocycles. The number of hydrogen-bond acceptors (Lipinski definition) is 6. The van der Waals surface area contributed by atoms with Gasteiger partial charge in [0.2, 0.25) is 11.8 Å². The Morgan fingerprint density at radius 3 is 2.24 bits per heavy atom. The number of nitrogens with one attached hydrogen (secondary N) is 2. The molecule has 9 heteroatoms. The summed E-state index contributed by atoms with van der Waals surface area (Å²) in [6, 6.07) is 26.6. The van der Waals surface area contributed by atoms with Gasteiger partial charge in [0, 0.05) is 12.3 Å². The van der Waals surface area contributed by atoms with Crippen LogP contribution in [-0.4, -0.2) is 45.5 Å². The Morgan fingerprint density at radius 2 is 1.57 bits per heavy atom. The molecule has 2 atom stereocenters. The van der Waals surface area contributed by atoms with Crippen molar-refractivity contribution in [2.45, 2.75) is 29.4 Å². The molecule has 1 aromatic heterocycles. The van der Waals surface area contributed by atoms with E-state index >= 15 is 0 Å². The van der Waals surface area contributed by atoms with Gasteiger partial charge >= 0.3 is 6.09 Å². The first-order chi connectivity index (χ1) is 17.9. The molecule has 192 valence electrons. The predicted molar refractivity (Wildman–Crippen MR) is 143 cm³/mol. The number of thioether (sulfide) groups is 1. The average Bonchev–Trinajstić information content (AvgIpc) is 3.37. The number of aliphatic hydroxyl groups is 1. The first-order valence-corrected chi connectivity index (χ1v) is 13.0. The average molecular weight is 520 g/mol. The van der Waals surface area contributed by atoms with Crippen LogP contribution in [0.4, 0.5) is 4.79 Å². The number of aromatic nitrogens is 1. The number of benzene rings is 3. The standard InChI is InChI=1S/C28H29N3O5S/c32-25(24(17-29-27(33)34)37-18-21-11-5-2-6-12-21)30-19-28(35,16-15-20-9-3-1-4-10-20)26-31-22-13-7-8-14-23(22)36-26/h1-14,24,29,35H,15-19H2,(H,30,32)(H,33,34)/t24-,28?/m1/s1. The van der Waals surface area contributed by atoms with Gasteiger partial charge in [0.05, 0.1) is 6.54 Å². The van der Waals surface area contributed by atoms with Gasteiger partial charge in [0.25, 0.3) is 0 Å². The summed E-state index contributed by atoms with van der Waals surface area (Å²) < 4.78 is 5.89. The molecule has 0 aliphatic rings. The van der Waals surface area contributed by atoms with Crippen LogP contribution in [-0.2, 0) is 22.6 Å². The van der Waals surface area contributed by atoms with E-state index in [0.29, 0.717) is 23.3 Å². The number of hydrogen-bond donors (Lipinski definition) is 4. The van der Waals surface area contributed by atoms with Crippen molar-refractivity contribution < 1.29 is 24.2 Å². The van der Waals surface area contributed by atoms with Crippen molar-refractivity contribution in [1.29, 1.82) is 0 Å². The SMILES string of the molecule is O=C(O)NC[C@@H](SCc1ccccc1)C(=O)NCC(O)(CCc1ccccc1)c1nc2ccccc2o1. The van der Waals surface area contributed by atoms with E-state index in [1.54, 1.807) is 12.1 Å². The zero-order chi connectivity index (χ0) is 26.1. The number of carbonyl (C=O) groups excluding carboxylic acids is 1. The topological polar surface area (TPSA) is 125 Å². The molecule has 3 aromatic carbocycles. The smallest absolute Gasteiger partial charge is 0.404 e. The van der Waals surface area contributed by atoms with Gasteiger partial charge in [-0.2, -0.15) is 0 Å². The molecule has 4 rings (SSSR count). The number of carboxylic acid groups (broad SMARTS) is 1. The quantitative estimate of drug-likeness (QED) is 0.220. The Hall–Kier alpha value is -3.82. The van der Waals surface area contributed by atoms with Gasteiger partial charge in [-0.3, -0.25) is 4.79 Å². The van der Waals surface area contributed by atoms with Crippen LogP contribution in [0.1, 0.15) is 23.4 Å². The van der Waals surface area contributed by atoms with E-state index in [-0.39, 0.29) is 31.3 Å². The molecular formula is C28H29N3O5S. The molecule has 0 saturated carbocycles. The molecule has 0 aliphatic heterocycles. The molecule has 0 aliphatic carbocycles. The van der Waals surface area contributed by atoms with Crippen LogP contribution in [0.2, 0.25) is 0 Å². The Morgan fingerprint density at radius 1 is 0.919 bits per heavy atom. The van der Waals surface area contributed by atoms with E-state index in [2.05, 4.69) is 15.6 Å². The highest BCUT2D eigenvalue weighted by molar-refractivity contribution is 7.99. The summed E-state index contributed by atoms with van der Waals surface area (Å²) in [4.78, 5) is 28.8. The second-order valence-electron chi connectivity index (χ2n) is 8.69. The maximum atomic E-state index is 13.2. The lowest BCUT2D eigenvalue weighted by Crippen LogP contribution is -2.46. The Balaban J connectivity index is 1.50. The Kier molecular flexibility index (Phi) is 8.81. The zero-order valence-corrected chi connectivity index (χ0v) is 21.0. The largest absolute Gasteiger partial charge is 0.465 e. The lowest BCUT2D eigenvalue weighted by molar-refractivity contribution is -0.122. The van der Waals surface area contributed by atoms with E-state index in [0.717, 1.165) is 11.1 Å². The number of oxazole rings is 1. The van der Waals surface area contributed by atoms with E-state index in [1.165, 1.54) is 11.8 Å². The summed E-state index contributed by atoms with van der Waals surface area (Å²) in [5, 5.41) is 25.2. The number of nitrogens with zero attached hydrogens (tertiary/aromatic N) is 1. The minimum atomic E-state index is -1.57. The van der Waals surface area contributed by atoms with Crippen LogP contribution in [0.5, 0.6) is 0 Å². The molecule has 0 radical (unpaired) electrons. The number of rotatable bonds is 12. The van der Waals surface area contributed by atoms with Crippen LogP contribution in [0.15, 0.2) is 89.3 Å². The van der Waals surface area contributed by atoms with Gasteiger partial charge in [-0.25, -0.2) is 9.78 Å². The molecule has 4 aromatic rings. The third-order valence-electron chi connectivity index (χ3n) is 5.94. The van der Waals surface area contributed by atoms with E-state index in [9.17, 15) is 14.7 Å². The highest BCUT2D eigenvalue weighted by atomic mass is 32.2. The number of fused-ring (bicyclic) bond motifs is 1. The fraction of sp³-hybridized carbons (Fsp3) is 0.250. The molecule has 0 saturated heterocycles. The molecule has 1 unspecified atom stereocenters.